The average Bonchev–Trinajstić information content (AvgIpc) is 3.05. The van der Waals surface area contributed by atoms with Gasteiger partial charge in [-0.3, -0.25) is 14.4 Å². The molecule has 3 amide bonds. The van der Waals surface area contributed by atoms with E-state index in [1.165, 1.54) is 0 Å². The van der Waals surface area contributed by atoms with Crippen LogP contribution in [0.1, 0.15) is 65.2 Å². The van der Waals surface area contributed by atoms with Crippen LogP contribution in [0.5, 0.6) is 0 Å². The second kappa shape index (κ2) is 12.8. The number of allylic oxidation sites excluding steroid dienone is 1. The van der Waals surface area contributed by atoms with Crippen molar-refractivity contribution in [3.63, 3.8) is 0 Å². The summed E-state index contributed by atoms with van der Waals surface area (Å²) in [5.41, 5.74) is 0. The summed E-state index contributed by atoms with van der Waals surface area (Å²) in [5.74, 6) is -1.47. The van der Waals surface area contributed by atoms with Crippen LogP contribution in [0.25, 0.3) is 0 Å². The van der Waals surface area contributed by atoms with E-state index in [0.717, 1.165) is 51.4 Å². The second-order valence-electron chi connectivity index (χ2n) is 8.84. The molecule has 0 unspecified atom stereocenters. The van der Waals surface area contributed by atoms with Crippen LogP contribution in [0, 0.1) is 23.7 Å². The highest BCUT2D eigenvalue weighted by atomic mass is 16.3. The number of hydrogen-bond donors (Lipinski definition) is 3. The lowest BCUT2D eigenvalue weighted by Crippen LogP contribution is -2.48. The van der Waals surface area contributed by atoms with Crippen molar-refractivity contribution >= 4 is 17.7 Å². The fourth-order valence-corrected chi connectivity index (χ4v) is 5.11. The van der Waals surface area contributed by atoms with Gasteiger partial charge in [-0.25, -0.2) is 0 Å². The van der Waals surface area contributed by atoms with E-state index in [1.807, 2.05) is 6.08 Å². The predicted molar refractivity (Wildman–Crippen MR) is 121 cm³/mol. The molecule has 7 nitrogen and oxygen atoms in total. The molecule has 2 aliphatic rings. The molecule has 3 N–H and O–H groups in total. The maximum Gasteiger partial charge on any atom is 0.243 e. The van der Waals surface area contributed by atoms with Gasteiger partial charge in [0.15, 0.2) is 0 Å². The molecule has 0 saturated carbocycles. The van der Waals surface area contributed by atoms with E-state index >= 15 is 0 Å². The highest BCUT2D eigenvalue weighted by Gasteiger charge is 2.56. The van der Waals surface area contributed by atoms with E-state index in [2.05, 4.69) is 30.6 Å². The third kappa shape index (κ3) is 6.09. The number of fused-ring (bicyclic) bond motifs is 1. The first-order chi connectivity index (χ1) is 15.0. The molecule has 0 spiro atoms. The van der Waals surface area contributed by atoms with Gasteiger partial charge in [-0.1, -0.05) is 51.7 Å². The first kappa shape index (κ1) is 25.4. The van der Waals surface area contributed by atoms with E-state index in [0.29, 0.717) is 13.1 Å². The third-order valence-electron chi connectivity index (χ3n) is 6.69. The Morgan fingerprint density at radius 2 is 1.77 bits per heavy atom. The smallest absolute Gasteiger partial charge is 0.243 e. The van der Waals surface area contributed by atoms with Gasteiger partial charge in [-0.2, -0.15) is 0 Å². The predicted octanol–water partition coefficient (Wildman–Crippen LogP) is 2.25. The topological polar surface area (TPSA) is 98.7 Å². The molecule has 1 aliphatic carbocycles. The van der Waals surface area contributed by atoms with Crippen molar-refractivity contribution < 1.29 is 19.5 Å². The van der Waals surface area contributed by atoms with Crippen LogP contribution < -0.4 is 10.6 Å². The highest BCUT2D eigenvalue weighted by Crippen LogP contribution is 2.45. The molecular weight excluding hydrogens is 394 g/mol. The molecule has 2 rings (SSSR count). The van der Waals surface area contributed by atoms with Gasteiger partial charge in [0.1, 0.15) is 6.04 Å². The van der Waals surface area contributed by atoms with Crippen LogP contribution >= 0.6 is 0 Å². The Bertz CT molecular complexity index is 636. The molecule has 5 atom stereocenters. The summed E-state index contributed by atoms with van der Waals surface area (Å²) in [7, 11) is 1.62. The first-order valence-corrected chi connectivity index (χ1v) is 12.1. The Kier molecular flexibility index (Phi) is 10.5. The molecular formula is C24H41N3O4. The lowest BCUT2D eigenvalue weighted by atomic mass is 9.68. The maximum absolute atomic E-state index is 13.6. The van der Waals surface area contributed by atoms with Crippen molar-refractivity contribution in [3.8, 4) is 0 Å². The summed E-state index contributed by atoms with van der Waals surface area (Å²) >= 11 is 0. The Hall–Kier alpha value is -1.89. The Morgan fingerprint density at radius 3 is 2.42 bits per heavy atom. The van der Waals surface area contributed by atoms with Crippen molar-refractivity contribution in [3.05, 3.63) is 12.2 Å². The molecule has 0 aromatic rings. The van der Waals surface area contributed by atoms with E-state index in [1.54, 1.807) is 11.9 Å². The molecule has 1 saturated heterocycles. The number of nitrogens with one attached hydrogen (secondary N) is 2. The summed E-state index contributed by atoms with van der Waals surface area (Å²) in [6.07, 6.45) is 11.1. The number of carbonyl (C=O) groups excluding carboxylic acids is 3. The molecule has 0 radical (unpaired) electrons. The van der Waals surface area contributed by atoms with E-state index in [-0.39, 0.29) is 36.2 Å². The van der Waals surface area contributed by atoms with Gasteiger partial charge in [0.05, 0.1) is 11.8 Å². The van der Waals surface area contributed by atoms with Crippen LogP contribution in [0.15, 0.2) is 12.2 Å². The maximum atomic E-state index is 13.6. The van der Waals surface area contributed by atoms with Crippen molar-refractivity contribution in [2.45, 2.75) is 71.3 Å². The van der Waals surface area contributed by atoms with E-state index < -0.39 is 17.9 Å². The number of unbranched alkanes of at least 4 members (excludes halogenated alkanes) is 4. The molecule has 0 aromatic carbocycles. The monoisotopic (exact) mass is 435 g/mol. The zero-order chi connectivity index (χ0) is 22.8. The normalized spacial score (nSPS) is 27.3. The van der Waals surface area contributed by atoms with Crippen LogP contribution in [-0.4, -0.2) is 60.5 Å². The Balaban J connectivity index is 2.28. The van der Waals surface area contributed by atoms with Crippen molar-refractivity contribution in [1.82, 2.24) is 15.5 Å². The Labute approximate surface area is 187 Å². The minimum absolute atomic E-state index is 0.0171. The minimum atomic E-state index is -0.557. The molecule has 176 valence electrons. The van der Waals surface area contributed by atoms with Crippen LogP contribution in [0.3, 0.4) is 0 Å². The molecule has 0 aromatic heterocycles. The van der Waals surface area contributed by atoms with E-state index in [4.69, 9.17) is 5.11 Å². The number of carbonyl (C=O) groups is 3. The molecule has 1 heterocycles. The van der Waals surface area contributed by atoms with E-state index in [9.17, 15) is 14.4 Å². The number of amides is 3. The first-order valence-electron chi connectivity index (χ1n) is 12.1. The standard InChI is InChI=1S/C24H41N3O4/c1-4-6-14-26-23(30)21-18-13-12-17(11-5-2)19(22(29)25-3)20(18)24(31)27(21)15-9-7-8-10-16-28/h12-13,17-21,28H,4-11,14-16H2,1-3H3,(H,25,29)(H,26,30)/t17-,18+,19-,20+,21+/m1/s1. The number of hydrogen-bond acceptors (Lipinski definition) is 4. The zero-order valence-corrected chi connectivity index (χ0v) is 19.4. The summed E-state index contributed by atoms with van der Waals surface area (Å²) in [6.45, 7) is 5.44. The average molecular weight is 436 g/mol. The van der Waals surface area contributed by atoms with Gasteiger partial charge >= 0.3 is 0 Å². The van der Waals surface area contributed by atoms with Gasteiger partial charge in [0.25, 0.3) is 0 Å². The number of nitrogens with zero attached hydrogens (tertiary/aromatic N) is 1. The third-order valence-corrected chi connectivity index (χ3v) is 6.69. The van der Waals surface area contributed by atoms with Crippen molar-refractivity contribution in [2.24, 2.45) is 23.7 Å². The number of aliphatic hydroxyl groups is 1. The van der Waals surface area contributed by atoms with Gasteiger partial charge in [0.2, 0.25) is 17.7 Å². The van der Waals surface area contributed by atoms with Crippen LogP contribution in [0.4, 0.5) is 0 Å². The second-order valence-corrected chi connectivity index (χ2v) is 8.84. The van der Waals surface area contributed by atoms with Gasteiger partial charge in [0, 0.05) is 32.7 Å². The van der Waals surface area contributed by atoms with Gasteiger partial charge < -0.3 is 20.6 Å². The molecule has 1 fully saturated rings. The van der Waals surface area contributed by atoms with Crippen molar-refractivity contribution in [1.29, 1.82) is 0 Å². The zero-order valence-electron chi connectivity index (χ0n) is 19.4. The summed E-state index contributed by atoms with van der Waals surface area (Å²) < 4.78 is 0. The molecule has 1 aliphatic heterocycles. The summed E-state index contributed by atoms with van der Waals surface area (Å²) in [5, 5.41) is 14.8. The SMILES string of the molecule is CCCCNC(=O)[C@@H]1[C@H]2C=C[C@@H](CCC)[C@@H](C(=O)NC)[C@H]2C(=O)N1CCCCCCO. The molecule has 0 bridgehead atoms. The molecule has 31 heavy (non-hydrogen) atoms. The fourth-order valence-electron chi connectivity index (χ4n) is 5.11. The van der Waals surface area contributed by atoms with Crippen LogP contribution in [-0.2, 0) is 14.4 Å². The summed E-state index contributed by atoms with van der Waals surface area (Å²) in [6, 6.07) is -0.557. The largest absolute Gasteiger partial charge is 0.396 e. The number of aliphatic hydroxyl groups excluding tert-OH is 1. The Morgan fingerprint density at radius 1 is 1.03 bits per heavy atom. The molecule has 7 heteroatoms. The quantitative estimate of drug-likeness (QED) is 0.305. The number of rotatable bonds is 13. The lowest BCUT2D eigenvalue weighted by molar-refractivity contribution is -0.140. The fraction of sp³-hybridized carbons (Fsp3) is 0.792. The van der Waals surface area contributed by atoms with Gasteiger partial charge in [-0.05, 0) is 31.6 Å². The highest BCUT2D eigenvalue weighted by molar-refractivity contribution is 5.96. The lowest BCUT2D eigenvalue weighted by Gasteiger charge is -2.34. The van der Waals surface area contributed by atoms with Crippen molar-refractivity contribution in [2.75, 3.05) is 26.7 Å². The minimum Gasteiger partial charge on any atom is -0.396 e. The summed E-state index contributed by atoms with van der Waals surface area (Å²) in [4.78, 5) is 41.3. The number of likely N-dealkylation sites (tertiary alicyclic amines) is 1. The van der Waals surface area contributed by atoms with Gasteiger partial charge in [-0.15, -0.1) is 0 Å². The van der Waals surface area contributed by atoms with Crippen LogP contribution in [0.2, 0.25) is 0 Å².